The Hall–Kier alpha value is -0.401. The minimum atomic E-state index is 0.683. The molecule has 0 saturated heterocycles. The van der Waals surface area contributed by atoms with Crippen LogP contribution in [0.15, 0.2) is 24.3 Å². The molecule has 0 N–H and O–H groups in total. The van der Waals surface area contributed by atoms with Crippen molar-refractivity contribution in [1.82, 2.24) is 9.97 Å². The first-order valence-corrected chi connectivity index (χ1v) is 5.09. The maximum absolute atomic E-state index is 4.25. The van der Waals surface area contributed by atoms with Gasteiger partial charge in [0.1, 0.15) is 0 Å². The third kappa shape index (κ3) is 1.39. The van der Waals surface area contributed by atoms with Crippen LogP contribution >= 0.6 is 0 Å². The van der Waals surface area contributed by atoms with Gasteiger partial charge in [-0.2, -0.15) is 0 Å². The van der Waals surface area contributed by atoms with Gasteiger partial charge in [-0.25, -0.2) is 0 Å². The Kier molecular flexibility index (Phi) is 2.16. The van der Waals surface area contributed by atoms with Crippen molar-refractivity contribution in [2.24, 2.45) is 0 Å². The van der Waals surface area contributed by atoms with E-state index in [1.54, 1.807) is 0 Å². The van der Waals surface area contributed by atoms with E-state index in [9.17, 15) is 0 Å². The van der Waals surface area contributed by atoms with Gasteiger partial charge >= 0.3 is 86.5 Å². The van der Waals surface area contributed by atoms with Crippen molar-refractivity contribution in [3.63, 3.8) is 0 Å². The number of nitrogens with zero attached hydrogens (tertiary/aromatic N) is 2. The van der Waals surface area contributed by atoms with Gasteiger partial charge in [0, 0.05) is 0 Å². The SMILES string of the molecule is [Se]c1nc([Se])c2ccccc2n1. The summed E-state index contributed by atoms with van der Waals surface area (Å²) in [4.78, 5) is 8.43. The summed E-state index contributed by atoms with van der Waals surface area (Å²) in [5.74, 6) is 0. The maximum atomic E-state index is 4.25. The molecule has 0 aliphatic carbocycles. The third-order valence-electron chi connectivity index (χ3n) is 1.55. The van der Waals surface area contributed by atoms with Crippen molar-refractivity contribution in [2.75, 3.05) is 0 Å². The monoisotopic (exact) mass is 288 g/mol. The number of benzene rings is 1. The van der Waals surface area contributed by atoms with E-state index in [-0.39, 0.29) is 0 Å². The van der Waals surface area contributed by atoms with Crippen LogP contribution in [0.25, 0.3) is 10.9 Å². The molecule has 1 aromatic heterocycles. The molecule has 1 heterocycles. The third-order valence-corrected chi connectivity index (χ3v) is 2.58. The standard InChI is InChI=1S/C8H4N2Se2/c11-7-5-3-1-2-4-6(5)9-8(12)10-7/h1-4H. The van der Waals surface area contributed by atoms with Gasteiger partial charge in [0.15, 0.2) is 0 Å². The van der Waals surface area contributed by atoms with E-state index in [4.69, 9.17) is 0 Å². The predicted molar refractivity (Wildman–Crippen MR) is 50.3 cm³/mol. The van der Waals surface area contributed by atoms with Crippen LogP contribution in [-0.4, -0.2) is 42.0 Å². The van der Waals surface area contributed by atoms with Crippen molar-refractivity contribution in [3.8, 4) is 0 Å². The average Bonchev–Trinajstić information content (AvgIpc) is 2.04. The Morgan fingerprint density at radius 1 is 1.00 bits per heavy atom. The van der Waals surface area contributed by atoms with E-state index in [1.165, 1.54) is 0 Å². The molecule has 0 bridgehead atoms. The summed E-state index contributed by atoms with van der Waals surface area (Å²) in [6.07, 6.45) is 0. The molecular weight excluding hydrogens is 282 g/mol. The van der Waals surface area contributed by atoms with Crippen LogP contribution in [0.1, 0.15) is 0 Å². The van der Waals surface area contributed by atoms with Gasteiger partial charge < -0.3 is 0 Å². The van der Waals surface area contributed by atoms with E-state index in [2.05, 4.69) is 42.0 Å². The van der Waals surface area contributed by atoms with Crippen LogP contribution in [0.4, 0.5) is 0 Å². The summed E-state index contributed by atoms with van der Waals surface area (Å²) in [6, 6.07) is 7.92. The summed E-state index contributed by atoms with van der Waals surface area (Å²) in [6.45, 7) is 0. The second kappa shape index (κ2) is 3.15. The predicted octanol–water partition coefficient (Wildman–Crippen LogP) is -0.783. The van der Waals surface area contributed by atoms with Crippen LogP contribution in [0.3, 0.4) is 0 Å². The first-order valence-electron chi connectivity index (χ1n) is 3.38. The number of hydrogen-bond donors (Lipinski definition) is 0. The second-order valence-corrected chi connectivity index (χ2v) is 3.91. The van der Waals surface area contributed by atoms with Gasteiger partial charge in [-0.3, -0.25) is 0 Å². The number of fused-ring (bicyclic) bond motifs is 1. The van der Waals surface area contributed by atoms with Gasteiger partial charge in [0.2, 0.25) is 0 Å². The fourth-order valence-corrected chi connectivity index (χ4v) is 2.26. The van der Waals surface area contributed by atoms with E-state index < -0.39 is 0 Å². The minimum absolute atomic E-state index is 0.683. The summed E-state index contributed by atoms with van der Waals surface area (Å²) in [5, 5.41) is 1.07. The summed E-state index contributed by atoms with van der Waals surface area (Å²) in [7, 11) is 0. The van der Waals surface area contributed by atoms with Crippen LogP contribution in [-0.2, 0) is 0 Å². The molecule has 2 aromatic rings. The Balaban J connectivity index is 2.89. The average molecular weight is 286 g/mol. The van der Waals surface area contributed by atoms with Crippen LogP contribution < -0.4 is 9.32 Å². The zero-order valence-corrected chi connectivity index (χ0v) is 9.45. The molecule has 0 saturated carbocycles. The van der Waals surface area contributed by atoms with Crippen LogP contribution in [0.5, 0.6) is 0 Å². The van der Waals surface area contributed by atoms with Crippen molar-refractivity contribution >= 4 is 52.2 Å². The van der Waals surface area contributed by atoms with Crippen molar-refractivity contribution in [3.05, 3.63) is 24.3 Å². The first-order chi connectivity index (χ1) is 5.77. The Morgan fingerprint density at radius 3 is 2.58 bits per heavy atom. The zero-order valence-electron chi connectivity index (χ0n) is 6.02. The molecule has 0 fully saturated rings. The van der Waals surface area contributed by atoms with Crippen molar-refractivity contribution in [1.29, 1.82) is 0 Å². The number of hydrogen-bond acceptors (Lipinski definition) is 2. The molecule has 4 heteroatoms. The van der Waals surface area contributed by atoms with Gasteiger partial charge in [0.05, 0.1) is 0 Å². The molecule has 0 aliphatic heterocycles. The number of rotatable bonds is 0. The fourth-order valence-electron chi connectivity index (χ4n) is 1.03. The van der Waals surface area contributed by atoms with Crippen molar-refractivity contribution in [2.45, 2.75) is 0 Å². The fraction of sp³-hybridized carbons (Fsp3) is 0. The molecule has 58 valence electrons. The molecule has 0 aliphatic rings. The molecule has 2 radical (unpaired) electrons. The quantitative estimate of drug-likeness (QED) is 0.594. The molecule has 1 aromatic carbocycles. The van der Waals surface area contributed by atoms with Crippen LogP contribution in [0, 0.1) is 0 Å². The van der Waals surface area contributed by atoms with E-state index in [0.29, 0.717) is 4.72 Å². The normalized spacial score (nSPS) is 10.3. The Labute approximate surface area is 86.4 Å². The molecule has 0 spiro atoms. The molecule has 0 amide bonds. The number of para-hydroxylation sites is 1. The van der Waals surface area contributed by atoms with Crippen LogP contribution in [0.2, 0.25) is 0 Å². The van der Waals surface area contributed by atoms with E-state index in [0.717, 1.165) is 15.5 Å². The molecular formula is C8H4N2Se2. The Bertz CT molecular complexity index is 428. The first kappa shape index (κ1) is 8.21. The van der Waals surface area contributed by atoms with Crippen molar-refractivity contribution < 1.29 is 0 Å². The summed E-state index contributed by atoms with van der Waals surface area (Å²) < 4.78 is 1.58. The summed E-state index contributed by atoms with van der Waals surface area (Å²) >= 11 is 5.71. The van der Waals surface area contributed by atoms with Gasteiger partial charge in [0.25, 0.3) is 0 Å². The molecule has 12 heavy (non-hydrogen) atoms. The molecule has 2 nitrogen and oxygen atoms in total. The van der Waals surface area contributed by atoms with Gasteiger partial charge in [-0.15, -0.1) is 0 Å². The number of aromatic nitrogens is 2. The second-order valence-electron chi connectivity index (χ2n) is 2.33. The van der Waals surface area contributed by atoms with E-state index in [1.807, 2.05) is 24.3 Å². The topological polar surface area (TPSA) is 25.8 Å². The summed E-state index contributed by atoms with van der Waals surface area (Å²) in [5.41, 5.74) is 0.968. The van der Waals surface area contributed by atoms with E-state index >= 15 is 0 Å². The Morgan fingerprint density at radius 2 is 1.75 bits per heavy atom. The molecule has 0 atom stereocenters. The van der Waals surface area contributed by atoms with Gasteiger partial charge in [-0.1, -0.05) is 0 Å². The van der Waals surface area contributed by atoms with Gasteiger partial charge in [-0.05, 0) is 0 Å². The zero-order chi connectivity index (χ0) is 8.55. The molecule has 0 unspecified atom stereocenters. The molecule has 2 rings (SSSR count).